The average molecular weight is 239 g/mol. The molecule has 0 amide bonds. The van der Waals surface area contributed by atoms with E-state index in [1.165, 1.54) is 6.07 Å². The summed E-state index contributed by atoms with van der Waals surface area (Å²) in [7, 11) is 0. The Morgan fingerprint density at radius 3 is 2.88 bits per heavy atom. The average Bonchev–Trinajstić information content (AvgIpc) is 2.29. The zero-order chi connectivity index (χ0) is 11.5. The molecule has 1 aromatic heterocycles. The molecule has 1 heterocycles. The van der Waals surface area contributed by atoms with Crippen LogP contribution in [0.4, 0.5) is 0 Å². The summed E-state index contributed by atoms with van der Waals surface area (Å²) in [4.78, 5) is 11.2. The number of hydrogen-bond donors (Lipinski definition) is 0. The predicted molar refractivity (Wildman–Crippen MR) is 63.2 cm³/mol. The van der Waals surface area contributed by atoms with Crippen molar-refractivity contribution in [2.45, 2.75) is 12.8 Å². The number of halogens is 1. The van der Waals surface area contributed by atoms with Crippen molar-refractivity contribution in [3.05, 3.63) is 40.2 Å². The molecule has 1 aromatic carbocycles. The normalized spacial score (nSPS) is 10.6. The summed E-state index contributed by atoms with van der Waals surface area (Å²) in [6.45, 7) is 2.51. The van der Waals surface area contributed by atoms with Gasteiger partial charge in [-0.15, -0.1) is 11.6 Å². The molecule has 4 heteroatoms. The van der Waals surface area contributed by atoms with Crippen LogP contribution >= 0.6 is 11.6 Å². The Bertz CT molecular complexity index is 560. The third-order valence-electron chi connectivity index (χ3n) is 2.25. The third kappa shape index (κ3) is 2.04. The summed E-state index contributed by atoms with van der Waals surface area (Å²) in [5, 5.41) is 0.820. The van der Waals surface area contributed by atoms with Gasteiger partial charge in [-0.3, -0.25) is 0 Å². The quantitative estimate of drug-likeness (QED) is 0.610. The molecule has 2 rings (SSSR count). The second-order valence-corrected chi connectivity index (χ2v) is 3.58. The van der Waals surface area contributed by atoms with E-state index in [2.05, 4.69) is 0 Å². The molecule has 0 N–H and O–H groups in total. The molecule has 0 saturated carbocycles. The van der Waals surface area contributed by atoms with Gasteiger partial charge in [0.15, 0.2) is 0 Å². The van der Waals surface area contributed by atoms with Gasteiger partial charge in [0.05, 0.1) is 6.61 Å². The summed E-state index contributed by atoms with van der Waals surface area (Å²) in [6.07, 6.45) is 0. The van der Waals surface area contributed by atoms with Crippen LogP contribution in [0, 0.1) is 0 Å². The number of ether oxygens (including phenoxy) is 1. The van der Waals surface area contributed by atoms with Crippen LogP contribution in [0.5, 0.6) is 5.75 Å². The van der Waals surface area contributed by atoms with Crippen LogP contribution in [0.25, 0.3) is 11.0 Å². The first kappa shape index (κ1) is 11.0. The fraction of sp³-hybridized carbons (Fsp3) is 0.250. The van der Waals surface area contributed by atoms with E-state index in [0.717, 1.165) is 16.7 Å². The van der Waals surface area contributed by atoms with E-state index in [9.17, 15) is 4.79 Å². The number of benzene rings is 1. The van der Waals surface area contributed by atoms with E-state index in [1.807, 2.05) is 13.0 Å². The highest BCUT2D eigenvalue weighted by molar-refractivity contribution is 6.17. The fourth-order valence-corrected chi connectivity index (χ4v) is 1.80. The maximum atomic E-state index is 11.2. The second kappa shape index (κ2) is 4.58. The van der Waals surface area contributed by atoms with Gasteiger partial charge in [-0.05, 0) is 30.7 Å². The molecule has 0 fully saturated rings. The van der Waals surface area contributed by atoms with E-state index in [4.69, 9.17) is 20.8 Å². The summed E-state index contributed by atoms with van der Waals surface area (Å²) in [6, 6.07) is 6.73. The van der Waals surface area contributed by atoms with Crippen molar-refractivity contribution < 1.29 is 9.15 Å². The largest absolute Gasteiger partial charge is 0.494 e. The molecule has 0 saturated heterocycles. The predicted octanol–water partition coefficient (Wildman–Crippen LogP) is 2.93. The zero-order valence-corrected chi connectivity index (χ0v) is 9.58. The Hall–Kier alpha value is -1.48. The van der Waals surface area contributed by atoms with Crippen molar-refractivity contribution in [2.24, 2.45) is 0 Å². The van der Waals surface area contributed by atoms with Crippen LogP contribution in [0.1, 0.15) is 12.5 Å². The van der Waals surface area contributed by atoms with E-state index >= 15 is 0 Å². The minimum absolute atomic E-state index is 0.275. The zero-order valence-electron chi connectivity index (χ0n) is 8.83. The van der Waals surface area contributed by atoms with Crippen molar-refractivity contribution in [2.75, 3.05) is 6.61 Å². The Labute approximate surface area is 97.6 Å². The molecule has 0 aliphatic heterocycles. The lowest BCUT2D eigenvalue weighted by Gasteiger charge is -2.06. The minimum atomic E-state index is -0.382. The van der Waals surface area contributed by atoms with Crippen LogP contribution in [0.15, 0.2) is 33.5 Å². The monoisotopic (exact) mass is 238 g/mol. The van der Waals surface area contributed by atoms with Crippen LogP contribution in [-0.2, 0) is 5.88 Å². The Balaban J connectivity index is 2.66. The molecule has 0 radical (unpaired) electrons. The van der Waals surface area contributed by atoms with Crippen molar-refractivity contribution >= 4 is 22.6 Å². The highest BCUT2D eigenvalue weighted by atomic mass is 35.5. The van der Waals surface area contributed by atoms with Crippen molar-refractivity contribution in [3.63, 3.8) is 0 Å². The van der Waals surface area contributed by atoms with E-state index in [0.29, 0.717) is 12.2 Å². The molecule has 0 spiro atoms. The van der Waals surface area contributed by atoms with Crippen molar-refractivity contribution in [1.82, 2.24) is 0 Å². The summed E-state index contributed by atoms with van der Waals surface area (Å²) >= 11 is 5.79. The lowest BCUT2D eigenvalue weighted by molar-refractivity contribution is 0.340. The third-order valence-corrected chi connectivity index (χ3v) is 2.54. The number of alkyl halides is 1. The molecule has 0 aliphatic rings. The molecule has 16 heavy (non-hydrogen) atoms. The first-order chi connectivity index (χ1) is 7.74. The highest BCUT2D eigenvalue weighted by Crippen LogP contribution is 2.23. The maximum Gasteiger partial charge on any atom is 0.336 e. The summed E-state index contributed by atoms with van der Waals surface area (Å²) in [5.41, 5.74) is 0.911. The Morgan fingerprint density at radius 1 is 1.38 bits per heavy atom. The molecular formula is C12H11ClO3. The van der Waals surface area contributed by atoms with Gasteiger partial charge < -0.3 is 9.15 Å². The summed E-state index contributed by atoms with van der Waals surface area (Å²) < 4.78 is 10.4. The van der Waals surface area contributed by atoms with E-state index < -0.39 is 0 Å². The van der Waals surface area contributed by atoms with Gasteiger partial charge in [-0.2, -0.15) is 0 Å². The molecule has 0 bridgehead atoms. The standard InChI is InChI=1S/C12H11ClO3/c1-2-15-9-3-4-11-10(6-9)8(7-13)5-12(14)16-11/h3-6H,2,7H2,1H3. The second-order valence-electron chi connectivity index (χ2n) is 3.32. The van der Waals surface area contributed by atoms with Crippen LogP contribution < -0.4 is 10.4 Å². The van der Waals surface area contributed by atoms with Crippen LogP contribution in [-0.4, -0.2) is 6.61 Å². The van der Waals surface area contributed by atoms with Gasteiger partial charge in [0.2, 0.25) is 0 Å². The minimum Gasteiger partial charge on any atom is -0.494 e. The smallest absolute Gasteiger partial charge is 0.336 e. The fourth-order valence-electron chi connectivity index (χ4n) is 1.57. The maximum absolute atomic E-state index is 11.2. The molecular weight excluding hydrogens is 228 g/mol. The van der Waals surface area contributed by atoms with Crippen LogP contribution in [0.3, 0.4) is 0 Å². The lowest BCUT2D eigenvalue weighted by Crippen LogP contribution is -2.00. The van der Waals surface area contributed by atoms with Gasteiger partial charge in [0, 0.05) is 17.3 Å². The number of fused-ring (bicyclic) bond motifs is 1. The number of rotatable bonds is 3. The van der Waals surface area contributed by atoms with Gasteiger partial charge in [-0.1, -0.05) is 0 Å². The SMILES string of the molecule is CCOc1ccc2oc(=O)cc(CCl)c2c1. The van der Waals surface area contributed by atoms with Gasteiger partial charge in [0.25, 0.3) is 0 Å². The highest BCUT2D eigenvalue weighted by Gasteiger charge is 2.06. The summed E-state index contributed by atoms with van der Waals surface area (Å²) in [5.74, 6) is 1.02. The first-order valence-electron chi connectivity index (χ1n) is 5.00. The molecule has 0 atom stereocenters. The molecule has 2 aromatic rings. The van der Waals surface area contributed by atoms with E-state index in [1.54, 1.807) is 12.1 Å². The van der Waals surface area contributed by atoms with Crippen molar-refractivity contribution in [3.8, 4) is 5.75 Å². The molecule has 3 nitrogen and oxygen atoms in total. The van der Waals surface area contributed by atoms with Gasteiger partial charge in [0.1, 0.15) is 11.3 Å². The van der Waals surface area contributed by atoms with Crippen molar-refractivity contribution in [1.29, 1.82) is 0 Å². The number of hydrogen-bond acceptors (Lipinski definition) is 3. The van der Waals surface area contributed by atoms with E-state index in [-0.39, 0.29) is 11.5 Å². The van der Waals surface area contributed by atoms with Gasteiger partial charge in [-0.25, -0.2) is 4.79 Å². The Kier molecular flexibility index (Phi) is 3.15. The first-order valence-corrected chi connectivity index (χ1v) is 5.53. The lowest BCUT2D eigenvalue weighted by atomic mass is 10.1. The molecule has 0 unspecified atom stereocenters. The van der Waals surface area contributed by atoms with Crippen LogP contribution in [0.2, 0.25) is 0 Å². The molecule has 84 valence electrons. The Morgan fingerprint density at radius 2 is 2.19 bits per heavy atom. The van der Waals surface area contributed by atoms with Gasteiger partial charge >= 0.3 is 5.63 Å². The molecule has 0 aliphatic carbocycles. The topological polar surface area (TPSA) is 39.4 Å².